The van der Waals surface area contributed by atoms with E-state index < -0.39 is 17.7 Å². The van der Waals surface area contributed by atoms with Gasteiger partial charge in [-0.05, 0) is 59.5 Å². The van der Waals surface area contributed by atoms with Crippen molar-refractivity contribution in [2.75, 3.05) is 27.2 Å². The van der Waals surface area contributed by atoms with Gasteiger partial charge in [-0.1, -0.05) is 12.1 Å². The first-order valence-corrected chi connectivity index (χ1v) is 10.6. The van der Waals surface area contributed by atoms with Crippen LogP contribution in [0.25, 0.3) is 5.76 Å². The number of Topliss-reactive ketones (excluding diaryl/α,β-unsaturated/α-hetero) is 1. The van der Waals surface area contributed by atoms with Crippen molar-refractivity contribution >= 4 is 17.4 Å². The Labute approximate surface area is 188 Å². The van der Waals surface area contributed by atoms with E-state index in [1.807, 2.05) is 57.1 Å². The summed E-state index contributed by atoms with van der Waals surface area (Å²) in [7, 11) is 3.80. The lowest BCUT2D eigenvalue weighted by molar-refractivity contribution is -0.140. The van der Waals surface area contributed by atoms with Gasteiger partial charge in [0.15, 0.2) is 0 Å². The Morgan fingerprint density at radius 2 is 1.97 bits per heavy atom. The summed E-state index contributed by atoms with van der Waals surface area (Å²) < 4.78 is 5.82. The summed E-state index contributed by atoms with van der Waals surface area (Å²) in [6, 6.07) is 6.54. The van der Waals surface area contributed by atoms with Gasteiger partial charge in [-0.25, -0.2) is 9.97 Å². The average Bonchev–Trinajstić information content (AvgIpc) is 2.96. The van der Waals surface area contributed by atoms with Crippen LogP contribution in [0.1, 0.15) is 42.5 Å². The minimum absolute atomic E-state index is 0.0299. The van der Waals surface area contributed by atoms with Gasteiger partial charge in [0.25, 0.3) is 11.7 Å². The van der Waals surface area contributed by atoms with Crippen molar-refractivity contribution in [1.82, 2.24) is 19.8 Å². The van der Waals surface area contributed by atoms with E-state index in [0.29, 0.717) is 41.5 Å². The Balaban J connectivity index is 2.17. The van der Waals surface area contributed by atoms with Crippen molar-refractivity contribution < 1.29 is 19.4 Å². The number of amides is 1. The smallest absolute Gasteiger partial charge is 0.295 e. The number of aliphatic hydroxyl groups is 1. The Morgan fingerprint density at radius 3 is 2.59 bits per heavy atom. The molecule has 1 aliphatic heterocycles. The normalized spacial score (nSPS) is 18.1. The molecule has 32 heavy (non-hydrogen) atoms. The van der Waals surface area contributed by atoms with Crippen LogP contribution in [0.3, 0.4) is 0 Å². The van der Waals surface area contributed by atoms with E-state index in [4.69, 9.17) is 4.74 Å². The SMILES string of the molecule is Cc1ncc(/C(O)=C2\C(=O)C(=O)N(CCN(C)C)C2c2cccc(OC(C)C)c2)c(C)n1. The van der Waals surface area contributed by atoms with Gasteiger partial charge in [-0.2, -0.15) is 0 Å². The molecule has 1 atom stereocenters. The number of aliphatic hydroxyl groups excluding tert-OH is 1. The molecule has 0 aliphatic carbocycles. The second-order valence-corrected chi connectivity index (χ2v) is 8.45. The predicted octanol–water partition coefficient (Wildman–Crippen LogP) is 2.86. The highest BCUT2D eigenvalue weighted by atomic mass is 16.5. The highest BCUT2D eigenvalue weighted by molar-refractivity contribution is 6.46. The summed E-state index contributed by atoms with van der Waals surface area (Å²) in [4.78, 5) is 38.0. The molecule has 1 amide bonds. The van der Waals surface area contributed by atoms with Crippen LogP contribution >= 0.6 is 0 Å². The van der Waals surface area contributed by atoms with Gasteiger partial charge in [0, 0.05) is 19.3 Å². The largest absolute Gasteiger partial charge is 0.507 e. The topological polar surface area (TPSA) is 95.9 Å². The number of carbonyl (C=O) groups excluding carboxylic acids is 2. The molecule has 170 valence electrons. The van der Waals surface area contributed by atoms with Gasteiger partial charge in [-0.15, -0.1) is 0 Å². The fourth-order valence-electron chi connectivity index (χ4n) is 3.76. The van der Waals surface area contributed by atoms with E-state index in [0.717, 1.165) is 0 Å². The van der Waals surface area contributed by atoms with E-state index in [1.54, 1.807) is 13.8 Å². The molecule has 0 saturated carbocycles. The number of ether oxygens (including phenoxy) is 1. The molecule has 1 fully saturated rings. The van der Waals surface area contributed by atoms with Crippen LogP contribution < -0.4 is 4.74 Å². The van der Waals surface area contributed by atoms with Crippen molar-refractivity contribution in [3.05, 3.63) is 58.7 Å². The van der Waals surface area contributed by atoms with Gasteiger partial charge in [0.1, 0.15) is 17.3 Å². The number of hydrogen-bond donors (Lipinski definition) is 1. The lowest BCUT2D eigenvalue weighted by Crippen LogP contribution is -2.35. The number of benzene rings is 1. The number of hydrogen-bond acceptors (Lipinski definition) is 7. The minimum Gasteiger partial charge on any atom is -0.507 e. The molecule has 0 spiro atoms. The first-order chi connectivity index (χ1) is 15.1. The van der Waals surface area contributed by atoms with Crippen LogP contribution in [0, 0.1) is 13.8 Å². The van der Waals surface area contributed by atoms with Crippen LogP contribution in [0.15, 0.2) is 36.0 Å². The number of aryl methyl sites for hydroxylation is 2. The van der Waals surface area contributed by atoms with Crippen LogP contribution in [-0.2, 0) is 9.59 Å². The molecule has 1 unspecified atom stereocenters. The number of likely N-dealkylation sites (N-methyl/N-ethyl adjacent to an activating group) is 1. The fourth-order valence-corrected chi connectivity index (χ4v) is 3.76. The van der Waals surface area contributed by atoms with Gasteiger partial charge in [0.05, 0.1) is 29.0 Å². The highest BCUT2D eigenvalue weighted by Gasteiger charge is 2.46. The maximum atomic E-state index is 13.1. The van der Waals surface area contributed by atoms with Gasteiger partial charge in [0.2, 0.25) is 0 Å². The van der Waals surface area contributed by atoms with Crippen molar-refractivity contribution in [2.45, 2.75) is 39.8 Å². The molecule has 8 nitrogen and oxygen atoms in total. The molecular formula is C24H30N4O4. The highest BCUT2D eigenvalue weighted by Crippen LogP contribution is 2.40. The van der Waals surface area contributed by atoms with Crippen molar-refractivity contribution in [1.29, 1.82) is 0 Å². The molecule has 3 rings (SSSR count). The van der Waals surface area contributed by atoms with Crippen LogP contribution in [0.4, 0.5) is 0 Å². The molecule has 2 heterocycles. The van der Waals surface area contributed by atoms with Crippen LogP contribution in [0.2, 0.25) is 0 Å². The van der Waals surface area contributed by atoms with E-state index in [2.05, 4.69) is 9.97 Å². The van der Waals surface area contributed by atoms with E-state index in [-0.39, 0.29) is 17.4 Å². The zero-order valence-corrected chi connectivity index (χ0v) is 19.4. The molecule has 1 aliphatic rings. The van der Waals surface area contributed by atoms with E-state index >= 15 is 0 Å². The number of ketones is 1. The average molecular weight is 439 g/mol. The molecule has 1 N–H and O–H groups in total. The Bertz CT molecular complexity index is 1060. The van der Waals surface area contributed by atoms with Crippen LogP contribution in [0.5, 0.6) is 5.75 Å². The number of likely N-dealkylation sites (tertiary alicyclic amines) is 1. The van der Waals surface area contributed by atoms with Gasteiger partial charge < -0.3 is 19.6 Å². The number of nitrogens with zero attached hydrogens (tertiary/aromatic N) is 4. The summed E-state index contributed by atoms with van der Waals surface area (Å²) >= 11 is 0. The third-order valence-corrected chi connectivity index (χ3v) is 5.23. The second-order valence-electron chi connectivity index (χ2n) is 8.45. The van der Waals surface area contributed by atoms with Gasteiger partial charge >= 0.3 is 0 Å². The molecule has 1 aromatic heterocycles. The zero-order chi connectivity index (χ0) is 23.6. The van der Waals surface area contributed by atoms with Crippen molar-refractivity contribution in [3.8, 4) is 5.75 Å². The van der Waals surface area contributed by atoms with Crippen molar-refractivity contribution in [3.63, 3.8) is 0 Å². The minimum atomic E-state index is -0.744. The third kappa shape index (κ3) is 4.80. The number of rotatable bonds is 7. The summed E-state index contributed by atoms with van der Waals surface area (Å²) in [5, 5.41) is 11.2. The number of carbonyl (C=O) groups is 2. The second kappa shape index (κ2) is 9.48. The standard InChI is InChI=1S/C24H30N4O4/c1-14(2)32-18-9-7-8-17(12-18)21-20(22(29)19-13-25-16(4)26-15(19)3)23(30)24(31)28(21)11-10-27(5)6/h7-9,12-14,21,29H,10-11H2,1-6H3/b22-20+. The zero-order valence-electron chi connectivity index (χ0n) is 19.4. The van der Waals surface area contributed by atoms with E-state index in [9.17, 15) is 14.7 Å². The Hall–Kier alpha value is -3.26. The maximum Gasteiger partial charge on any atom is 0.295 e. The Kier molecular flexibility index (Phi) is 6.93. The quantitative estimate of drug-likeness (QED) is 0.403. The fraction of sp³-hybridized carbons (Fsp3) is 0.417. The molecule has 8 heteroatoms. The van der Waals surface area contributed by atoms with E-state index in [1.165, 1.54) is 11.1 Å². The monoisotopic (exact) mass is 438 g/mol. The third-order valence-electron chi connectivity index (χ3n) is 5.23. The summed E-state index contributed by atoms with van der Waals surface area (Å²) in [5.74, 6) is -0.444. The Morgan fingerprint density at radius 1 is 1.25 bits per heavy atom. The van der Waals surface area contributed by atoms with Gasteiger partial charge in [-0.3, -0.25) is 9.59 Å². The predicted molar refractivity (Wildman–Crippen MR) is 121 cm³/mol. The molecule has 1 aromatic carbocycles. The summed E-state index contributed by atoms with van der Waals surface area (Å²) in [5.41, 5.74) is 1.59. The first kappa shape index (κ1) is 23.4. The number of aromatic nitrogens is 2. The molecule has 0 bridgehead atoms. The summed E-state index contributed by atoms with van der Waals surface area (Å²) in [6.07, 6.45) is 1.45. The molecular weight excluding hydrogens is 408 g/mol. The molecule has 1 saturated heterocycles. The van der Waals surface area contributed by atoms with Crippen LogP contribution in [-0.4, -0.2) is 69.9 Å². The molecule has 2 aromatic rings. The lowest BCUT2D eigenvalue weighted by Gasteiger charge is -2.27. The molecule has 0 radical (unpaired) electrons. The summed E-state index contributed by atoms with van der Waals surface area (Å²) in [6.45, 7) is 8.23. The first-order valence-electron chi connectivity index (χ1n) is 10.6. The lowest BCUT2D eigenvalue weighted by atomic mass is 9.95. The van der Waals surface area contributed by atoms with Crippen molar-refractivity contribution in [2.24, 2.45) is 0 Å². The maximum absolute atomic E-state index is 13.1.